The first-order valence-electron chi connectivity index (χ1n) is 6.75. The number of hydrogen-bond donors (Lipinski definition) is 1. The topological polar surface area (TPSA) is 32.6 Å². The highest BCUT2D eigenvalue weighted by molar-refractivity contribution is 6.89. The summed E-state index contributed by atoms with van der Waals surface area (Å²) in [5, 5.41) is 11.5. The first kappa shape index (κ1) is 13.3. The smallest absolute Gasteiger partial charge is 0.123 e. The fourth-order valence-corrected chi connectivity index (χ4v) is 3.71. The molecule has 0 spiro atoms. The predicted molar refractivity (Wildman–Crippen MR) is 81.1 cm³/mol. The Bertz CT molecular complexity index is 470. The van der Waals surface area contributed by atoms with Gasteiger partial charge in [0.1, 0.15) is 5.75 Å². The van der Waals surface area contributed by atoms with Crippen LogP contribution in [0, 0.1) is 6.92 Å². The van der Waals surface area contributed by atoms with Crippen LogP contribution in [0.4, 0.5) is 0 Å². The van der Waals surface area contributed by atoms with E-state index in [0.717, 1.165) is 10.8 Å². The molecule has 2 rings (SSSR count). The van der Waals surface area contributed by atoms with E-state index in [-0.39, 0.29) is 0 Å². The second-order valence-corrected chi connectivity index (χ2v) is 11.4. The lowest BCUT2D eigenvalue weighted by molar-refractivity contribution is 0.421. The van der Waals surface area contributed by atoms with Crippen LogP contribution >= 0.6 is 0 Å². The molecule has 0 radical (unpaired) electrons. The largest absolute Gasteiger partial charge is 0.507 e. The number of aromatic hydroxyl groups is 1. The Labute approximate surface area is 111 Å². The molecule has 98 valence electrons. The molecule has 3 heteroatoms. The molecule has 1 saturated carbocycles. The summed E-state index contributed by atoms with van der Waals surface area (Å²) in [5.74, 6) is 0.447. The minimum Gasteiger partial charge on any atom is -0.507 e. The molecule has 18 heavy (non-hydrogen) atoms. The Morgan fingerprint density at radius 1 is 1.28 bits per heavy atom. The van der Waals surface area contributed by atoms with Crippen molar-refractivity contribution in [3.8, 4) is 5.75 Å². The zero-order valence-electron chi connectivity index (χ0n) is 11.8. The predicted octanol–water partition coefficient (Wildman–Crippen LogP) is 3.22. The Hall–Kier alpha value is -1.09. The van der Waals surface area contributed by atoms with Gasteiger partial charge in [-0.2, -0.15) is 0 Å². The van der Waals surface area contributed by atoms with Gasteiger partial charge in [0, 0.05) is 17.8 Å². The number of phenols is 1. The Morgan fingerprint density at radius 3 is 2.44 bits per heavy atom. The normalized spacial score (nSPS) is 17.1. The summed E-state index contributed by atoms with van der Waals surface area (Å²) in [6.07, 6.45) is 5.56. The summed E-state index contributed by atoms with van der Waals surface area (Å²) >= 11 is 0. The van der Waals surface area contributed by atoms with Crippen molar-refractivity contribution in [3.05, 3.63) is 23.3 Å². The summed E-state index contributed by atoms with van der Waals surface area (Å²) in [5.41, 5.74) is 2.10. The molecule has 0 amide bonds. The lowest BCUT2D eigenvalue weighted by Crippen LogP contribution is -2.38. The van der Waals surface area contributed by atoms with E-state index in [1.54, 1.807) is 0 Å². The molecule has 0 heterocycles. The minimum atomic E-state index is -1.50. The molecule has 0 aromatic heterocycles. The number of benzene rings is 1. The molecule has 0 atom stereocenters. The molecule has 1 N–H and O–H groups in total. The van der Waals surface area contributed by atoms with Gasteiger partial charge in [0.05, 0.1) is 8.07 Å². The quantitative estimate of drug-likeness (QED) is 0.657. The average molecular weight is 261 g/mol. The summed E-state index contributed by atoms with van der Waals surface area (Å²) in [4.78, 5) is 4.56. The Morgan fingerprint density at radius 2 is 1.94 bits per heavy atom. The summed E-state index contributed by atoms with van der Waals surface area (Å²) in [7, 11) is -1.50. The van der Waals surface area contributed by atoms with Crippen LogP contribution in [0.25, 0.3) is 0 Å². The first-order chi connectivity index (χ1) is 8.38. The maximum atomic E-state index is 10.4. The molecular weight excluding hydrogens is 238 g/mol. The van der Waals surface area contributed by atoms with Crippen LogP contribution in [0.15, 0.2) is 17.1 Å². The van der Waals surface area contributed by atoms with Crippen molar-refractivity contribution in [3.63, 3.8) is 0 Å². The van der Waals surface area contributed by atoms with Gasteiger partial charge in [-0.15, -0.1) is 0 Å². The molecule has 1 aromatic rings. The van der Waals surface area contributed by atoms with E-state index in [9.17, 15) is 5.11 Å². The molecule has 1 fully saturated rings. The van der Waals surface area contributed by atoms with Gasteiger partial charge in [0.25, 0.3) is 0 Å². The zero-order chi connectivity index (χ0) is 13.3. The van der Waals surface area contributed by atoms with Crippen LogP contribution in [0.2, 0.25) is 19.6 Å². The van der Waals surface area contributed by atoms with Crippen LogP contribution in [0.1, 0.15) is 30.4 Å². The van der Waals surface area contributed by atoms with Gasteiger partial charge in [-0.1, -0.05) is 31.3 Å². The first-order valence-corrected chi connectivity index (χ1v) is 10.2. The molecule has 0 bridgehead atoms. The highest BCUT2D eigenvalue weighted by Crippen LogP contribution is 2.23. The molecule has 0 aliphatic heterocycles. The van der Waals surface area contributed by atoms with Crippen molar-refractivity contribution in [1.82, 2.24) is 0 Å². The lowest BCUT2D eigenvalue weighted by atomic mass is 9.94. The number of nitrogens with zero attached hydrogens (tertiary/aromatic N) is 1. The van der Waals surface area contributed by atoms with E-state index in [2.05, 4.69) is 37.6 Å². The maximum absolute atomic E-state index is 10.4. The van der Waals surface area contributed by atoms with Crippen LogP contribution in [0.5, 0.6) is 5.75 Å². The van der Waals surface area contributed by atoms with E-state index in [4.69, 9.17) is 0 Å². The van der Waals surface area contributed by atoms with Gasteiger partial charge in [-0.05, 0) is 37.4 Å². The summed E-state index contributed by atoms with van der Waals surface area (Å²) < 4.78 is 0. The van der Waals surface area contributed by atoms with Crippen molar-refractivity contribution in [1.29, 1.82) is 0 Å². The molecule has 0 saturated heterocycles. The van der Waals surface area contributed by atoms with Crippen molar-refractivity contribution in [2.45, 2.75) is 51.9 Å². The molecule has 2 nitrogen and oxygen atoms in total. The minimum absolute atomic E-state index is 0.447. The highest BCUT2D eigenvalue weighted by Gasteiger charge is 2.22. The fourth-order valence-electron chi connectivity index (χ4n) is 2.20. The molecule has 1 aromatic carbocycles. The highest BCUT2D eigenvalue weighted by atomic mass is 28.3. The Kier molecular flexibility index (Phi) is 3.62. The van der Waals surface area contributed by atoms with Gasteiger partial charge >= 0.3 is 0 Å². The zero-order valence-corrected chi connectivity index (χ0v) is 12.8. The summed E-state index contributed by atoms with van der Waals surface area (Å²) in [6.45, 7) is 8.86. The van der Waals surface area contributed by atoms with Crippen LogP contribution in [0.3, 0.4) is 0 Å². The van der Waals surface area contributed by atoms with Crippen molar-refractivity contribution in [2.75, 3.05) is 0 Å². The van der Waals surface area contributed by atoms with E-state index >= 15 is 0 Å². The van der Waals surface area contributed by atoms with Gasteiger partial charge in [0.2, 0.25) is 0 Å². The summed E-state index contributed by atoms with van der Waals surface area (Å²) in [6, 6.07) is 4.64. The molecule has 1 aliphatic carbocycles. The molecule has 1 aliphatic rings. The van der Waals surface area contributed by atoms with Crippen molar-refractivity contribution < 1.29 is 5.11 Å². The second kappa shape index (κ2) is 4.88. The van der Waals surface area contributed by atoms with E-state index in [1.165, 1.54) is 24.8 Å². The third-order valence-corrected chi connectivity index (χ3v) is 5.59. The standard InChI is InChI=1S/C15H23NOSi/c1-11-8-12(10-16-13-6-5-7-13)15(17)14(9-11)18(2,3)4/h8-10,13,17H,5-7H2,1-4H3. The third-order valence-electron chi connectivity index (χ3n) is 3.59. The molecule has 0 unspecified atom stereocenters. The average Bonchev–Trinajstić information content (AvgIpc) is 2.18. The Balaban J connectivity index is 2.35. The van der Waals surface area contributed by atoms with Gasteiger partial charge in [-0.3, -0.25) is 4.99 Å². The number of aryl methyl sites for hydroxylation is 1. The van der Waals surface area contributed by atoms with Crippen LogP contribution in [-0.2, 0) is 0 Å². The number of phenolic OH excluding ortho intramolecular Hbond substituents is 1. The number of aliphatic imine (C=N–C) groups is 1. The molecular formula is C15H23NOSi. The lowest BCUT2D eigenvalue weighted by Gasteiger charge is -2.22. The van der Waals surface area contributed by atoms with Crippen LogP contribution in [-0.4, -0.2) is 25.4 Å². The van der Waals surface area contributed by atoms with Crippen molar-refractivity contribution in [2.24, 2.45) is 4.99 Å². The van der Waals surface area contributed by atoms with Crippen molar-refractivity contribution >= 4 is 19.5 Å². The van der Waals surface area contributed by atoms with Gasteiger partial charge in [0.15, 0.2) is 0 Å². The van der Waals surface area contributed by atoms with Gasteiger partial charge < -0.3 is 5.11 Å². The van der Waals surface area contributed by atoms with Gasteiger partial charge in [-0.25, -0.2) is 0 Å². The SMILES string of the molecule is Cc1cc(C=NC2CCC2)c(O)c([Si](C)(C)C)c1. The van der Waals surface area contributed by atoms with Crippen LogP contribution < -0.4 is 5.19 Å². The fraction of sp³-hybridized carbons (Fsp3) is 0.533. The third kappa shape index (κ3) is 2.83. The maximum Gasteiger partial charge on any atom is 0.123 e. The van der Waals surface area contributed by atoms with E-state index < -0.39 is 8.07 Å². The van der Waals surface area contributed by atoms with E-state index in [1.807, 2.05) is 12.3 Å². The van der Waals surface area contributed by atoms with E-state index in [0.29, 0.717) is 11.8 Å². The number of rotatable bonds is 3. The second-order valence-electron chi connectivity index (χ2n) is 6.36. The monoisotopic (exact) mass is 261 g/mol. The number of hydrogen-bond acceptors (Lipinski definition) is 2.